The van der Waals surface area contributed by atoms with Crippen LogP contribution in [0.25, 0.3) is 0 Å². The zero-order valence-corrected chi connectivity index (χ0v) is 16.7. The average Bonchev–Trinajstić information content (AvgIpc) is 2.61. The van der Waals surface area contributed by atoms with Crippen molar-refractivity contribution < 1.29 is 13.2 Å². The number of amides is 1. The first-order valence-corrected chi connectivity index (χ1v) is 11.3. The van der Waals surface area contributed by atoms with Crippen LogP contribution in [-0.4, -0.2) is 74.4 Å². The summed E-state index contributed by atoms with van der Waals surface area (Å²) in [6.07, 6.45) is 1.91. The van der Waals surface area contributed by atoms with Gasteiger partial charge in [-0.1, -0.05) is 23.7 Å². The highest BCUT2D eigenvalue weighted by atomic mass is 35.5. The normalized spacial score (nSPS) is 21.5. The third-order valence-corrected chi connectivity index (χ3v) is 7.70. The second-order valence-corrected chi connectivity index (χ2v) is 9.98. The van der Waals surface area contributed by atoms with Gasteiger partial charge in [0.15, 0.2) is 14.6 Å². The van der Waals surface area contributed by atoms with Crippen molar-refractivity contribution in [1.29, 1.82) is 0 Å². The molecule has 0 unspecified atom stereocenters. The van der Waals surface area contributed by atoms with Crippen molar-refractivity contribution in [3.8, 4) is 0 Å². The van der Waals surface area contributed by atoms with E-state index in [0.29, 0.717) is 39.0 Å². The molecule has 2 heterocycles. The molecule has 1 aromatic carbocycles. The first kappa shape index (κ1) is 19.6. The molecule has 0 radical (unpaired) electrons. The predicted octanol–water partition coefficient (Wildman–Crippen LogP) is 1.15. The standard InChI is InChI=1S/C18H26ClN3O3S/c1-26(24,25)18(5-7-20-8-6-18)17(23)22-11-9-21(10-12-22)14-15-3-2-4-16(19)13-15/h2-4,13,20H,5-12,14H2,1H3. The van der Waals surface area contributed by atoms with Gasteiger partial charge in [-0.2, -0.15) is 0 Å². The Morgan fingerprint density at radius 3 is 2.42 bits per heavy atom. The molecule has 0 bridgehead atoms. The number of hydrogen-bond acceptors (Lipinski definition) is 5. The number of nitrogens with one attached hydrogen (secondary N) is 1. The first-order valence-electron chi connectivity index (χ1n) is 8.98. The Labute approximate surface area is 160 Å². The second kappa shape index (κ2) is 7.84. The Balaban J connectivity index is 1.64. The number of rotatable bonds is 4. The van der Waals surface area contributed by atoms with Gasteiger partial charge in [0.05, 0.1) is 0 Å². The fraction of sp³-hybridized carbons (Fsp3) is 0.611. The smallest absolute Gasteiger partial charge is 0.244 e. The molecular weight excluding hydrogens is 374 g/mol. The molecule has 2 aliphatic rings. The molecule has 1 N–H and O–H groups in total. The maximum Gasteiger partial charge on any atom is 0.244 e. The Kier molecular flexibility index (Phi) is 5.91. The van der Waals surface area contributed by atoms with Gasteiger partial charge in [0.25, 0.3) is 0 Å². The van der Waals surface area contributed by atoms with Crippen LogP contribution < -0.4 is 5.32 Å². The van der Waals surface area contributed by atoms with Crippen molar-refractivity contribution in [3.63, 3.8) is 0 Å². The molecule has 0 aromatic heterocycles. The summed E-state index contributed by atoms with van der Waals surface area (Å²) in [7, 11) is -3.46. The number of halogens is 1. The van der Waals surface area contributed by atoms with Crippen molar-refractivity contribution in [2.24, 2.45) is 0 Å². The van der Waals surface area contributed by atoms with Crippen molar-refractivity contribution in [1.82, 2.24) is 15.1 Å². The van der Waals surface area contributed by atoms with E-state index in [1.54, 1.807) is 4.90 Å². The number of piperidine rings is 1. The van der Waals surface area contributed by atoms with Crippen LogP contribution in [0.5, 0.6) is 0 Å². The van der Waals surface area contributed by atoms with Crippen LogP contribution in [-0.2, 0) is 21.2 Å². The van der Waals surface area contributed by atoms with E-state index < -0.39 is 14.6 Å². The van der Waals surface area contributed by atoms with E-state index in [9.17, 15) is 13.2 Å². The highest BCUT2D eigenvalue weighted by Crippen LogP contribution is 2.30. The molecule has 0 aliphatic carbocycles. The van der Waals surface area contributed by atoms with Crippen molar-refractivity contribution in [2.45, 2.75) is 24.1 Å². The first-order chi connectivity index (χ1) is 12.3. The summed E-state index contributed by atoms with van der Waals surface area (Å²) in [5.41, 5.74) is 1.14. The quantitative estimate of drug-likeness (QED) is 0.822. The summed E-state index contributed by atoms with van der Waals surface area (Å²) in [4.78, 5) is 17.1. The van der Waals surface area contributed by atoms with E-state index in [4.69, 9.17) is 11.6 Å². The van der Waals surface area contributed by atoms with Crippen LogP contribution in [0.2, 0.25) is 5.02 Å². The van der Waals surface area contributed by atoms with E-state index in [0.717, 1.165) is 30.2 Å². The molecule has 1 aromatic rings. The molecule has 1 amide bonds. The summed E-state index contributed by atoms with van der Waals surface area (Å²) in [5, 5.41) is 3.87. The minimum Gasteiger partial charge on any atom is -0.339 e. The van der Waals surface area contributed by atoms with Crippen LogP contribution in [0.15, 0.2) is 24.3 Å². The van der Waals surface area contributed by atoms with E-state index in [-0.39, 0.29) is 5.91 Å². The van der Waals surface area contributed by atoms with Gasteiger partial charge in [-0.25, -0.2) is 8.42 Å². The van der Waals surface area contributed by atoms with Gasteiger partial charge >= 0.3 is 0 Å². The number of sulfone groups is 1. The minimum absolute atomic E-state index is 0.219. The molecule has 0 saturated carbocycles. The largest absolute Gasteiger partial charge is 0.339 e. The Hall–Kier alpha value is -1.15. The topological polar surface area (TPSA) is 69.7 Å². The summed E-state index contributed by atoms with van der Waals surface area (Å²) in [6.45, 7) is 4.49. The van der Waals surface area contributed by atoms with E-state index in [2.05, 4.69) is 10.2 Å². The van der Waals surface area contributed by atoms with Crippen molar-refractivity contribution in [3.05, 3.63) is 34.9 Å². The Morgan fingerprint density at radius 2 is 1.85 bits per heavy atom. The van der Waals surface area contributed by atoms with Crippen molar-refractivity contribution >= 4 is 27.3 Å². The predicted molar refractivity (Wildman–Crippen MR) is 103 cm³/mol. The number of piperazine rings is 1. The molecule has 26 heavy (non-hydrogen) atoms. The monoisotopic (exact) mass is 399 g/mol. The lowest BCUT2D eigenvalue weighted by atomic mass is 9.94. The maximum absolute atomic E-state index is 13.1. The number of carbonyl (C=O) groups excluding carboxylic acids is 1. The third-order valence-electron chi connectivity index (χ3n) is 5.47. The van der Waals surface area contributed by atoms with Crippen LogP contribution in [0, 0.1) is 0 Å². The molecule has 8 heteroatoms. The van der Waals surface area contributed by atoms with Crippen LogP contribution in [0.4, 0.5) is 0 Å². The van der Waals surface area contributed by atoms with Crippen molar-refractivity contribution in [2.75, 3.05) is 45.5 Å². The van der Waals surface area contributed by atoms with E-state index in [1.807, 2.05) is 24.3 Å². The van der Waals surface area contributed by atoms with Gasteiger partial charge < -0.3 is 10.2 Å². The highest BCUT2D eigenvalue weighted by molar-refractivity contribution is 7.92. The zero-order valence-electron chi connectivity index (χ0n) is 15.1. The molecule has 144 valence electrons. The SMILES string of the molecule is CS(=O)(=O)C1(C(=O)N2CCN(Cc3cccc(Cl)c3)CC2)CCNCC1. The number of benzene rings is 1. The van der Waals surface area contributed by atoms with Gasteiger partial charge in [-0.3, -0.25) is 9.69 Å². The average molecular weight is 400 g/mol. The van der Waals surface area contributed by atoms with E-state index in [1.165, 1.54) is 6.26 Å². The van der Waals surface area contributed by atoms with Gasteiger partial charge in [-0.15, -0.1) is 0 Å². The summed E-state index contributed by atoms with van der Waals surface area (Å²) in [5.74, 6) is -0.219. The molecule has 2 saturated heterocycles. The Morgan fingerprint density at radius 1 is 1.19 bits per heavy atom. The second-order valence-electron chi connectivity index (χ2n) is 7.21. The lowest BCUT2D eigenvalue weighted by molar-refractivity contribution is -0.136. The molecule has 2 fully saturated rings. The molecule has 0 atom stereocenters. The molecule has 2 aliphatic heterocycles. The molecule has 3 rings (SSSR count). The lowest BCUT2D eigenvalue weighted by Gasteiger charge is -2.42. The maximum atomic E-state index is 13.1. The molecule has 0 spiro atoms. The highest BCUT2D eigenvalue weighted by Gasteiger charge is 2.50. The zero-order chi connectivity index (χ0) is 18.8. The van der Waals surface area contributed by atoms with Crippen LogP contribution in [0.1, 0.15) is 18.4 Å². The van der Waals surface area contributed by atoms with Gasteiger partial charge in [-0.05, 0) is 43.6 Å². The van der Waals surface area contributed by atoms with E-state index >= 15 is 0 Å². The minimum atomic E-state index is -3.46. The number of carbonyl (C=O) groups is 1. The molecule has 6 nitrogen and oxygen atoms in total. The summed E-state index contributed by atoms with van der Waals surface area (Å²) < 4.78 is 23.6. The van der Waals surface area contributed by atoms with Gasteiger partial charge in [0, 0.05) is 44.0 Å². The number of nitrogens with zero attached hydrogens (tertiary/aromatic N) is 2. The lowest BCUT2D eigenvalue weighted by Crippen LogP contribution is -2.61. The summed E-state index contributed by atoms with van der Waals surface area (Å²) in [6, 6.07) is 7.78. The third kappa shape index (κ3) is 4.06. The van der Waals surface area contributed by atoms with Crippen LogP contribution >= 0.6 is 11.6 Å². The fourth-order valence-corrected chi connectivity index (χ4v) is 5.47. The van der Waals surface area contributed by atoms with Crippen LogP contribution in [0.3, 0.4) is 0 Å². The molecular formula is C18H26ClN3O3S. The number of hydrogen-bond donors (Lipinski definition) is 1. The Bertz CT molecular complexity index is 755. The summed E-state index contributed by atoms with van der Waals surface area (Å²) >= 11 is 6.04. The van der Waals surface area contributed by atoms with Gasteiger partial charge in [0.1, 0.15) is 0 Å². The van der Waals surface area contributed by atoms with Gasteiger partial charge in [0.2, 0.25) is 5.91 Å². The fourth-order valence-electron chi connectivity index (χ4n) is 3.86.